The Morgan fingerprint density at radius 3 is 2.68 bits per heavy atom. The van der Waals surface area contributed by atoms with Crippen molar-refractivity contribution in [1.29, 1.82) is 0 Å². The number of aryl methyl sites for hydroxylation is 1. The van der Waals surface area contributed by atoms with Crippen LogP contribution in [0.15, 0.2) is 46.9 Å². The third-order valence-corrected chi connectivity index (χ3v) is 3.93. The number of amides is 2. The topological polar surface area (TPSA) is 67.4 Å². The monoisotopic (exact) mass is 404 g/mol. The van der Waals surface area contributed by atoms with Crippen molar-refractivity contribution in [2.45, 2.75) is 20.3 Å². The zero-order valence-electron chi connectivity index (χ0n) is 14.3. The van der Waals surface area contributed by atoms with Crippen LogP contribution in [0.4, 0.5) is 5.69 Å². The summed E-state index contributed by atoms with van der Waals surface area (Å²) in [6, 6.07) is 12.4. The van der Waals surface area contributed by atoms with Gasteiger partial charge in [-0.25, -0.2) is 0 Å². The van der Waals surface area contributed by atoms with Crippen LogP contribution in [0.5, 0.6) is 5.75 Å². The summed E-state index contributed by atoms with van der Waals surface area (Å²) in [6.45, 7) is 4.42. The number of benzene rings is 2. The first kappa shape index (κ1) is 19.0. The standard InChI is InChI=1S/C19H21BrN2O3/c1-3-9-21-19(24)14-5-4-6-16(11-14)22-18(23)12-25-17-8-7-15(20)10-13(17)2/h4-8,10-11H,3,9,12H2,1-2H3,(H,21,24)(H,22,23). The van der Waals surface area contributed by atoms with Crippen molar-refractivity contribution in [2.24, 2.45) is 0 Å². The second-order valence-corrected chi connectivity index (χ2v) is 6.50. The number of carbonyl (C=O) groups is 2. The van der Waals surface area contributed by atoms with E-state index in [9.17, 15) is 9.59 Å². The third-order valence-electron chi connectivity index (χ3n) is 3.44. The van der Waals surface area contributed by atoms with E-state index in [1.165, 1.54) is 0 Å². The fourth-order valence-corrected chi connectivity index (χ4v) is 2.67. The molecule has 2 aromatic carbocycles. The fourth-order valence-electron chi connectivity index (χ4n) is 2.19. The van der Waals surface area contributed by atoms with Gasteiger partial charge in [-0.05, 0) is 55.3 Å². The lowest BCUT2D eigenvalue weighted by Crippen LogP contribution is -2.24. The highest BCUT2D eigenvalue weighted by Gasteiger charge is 2.09. The Morgan fingerprint density at radius 1 is 1.16 bits per heavy atom. The third kappa shape index (κ3) is 5.90. The van der Waals surface area contributed by atoms with Gasteiger partial charge >= 0.3 is 0 Å². The van der Waals surface area contributed by atoms with Crippen LogP contribution in [0.25, 0.3) is 0 Å². The molecule has 0 saturated carbocycles. The van der Waals surface area contributed by atoms with Gasteiger partial charge in [0, 0.05) is 22.3 Å². The molecule has 2 N–H and O–H groups in total. The molecular weight excluding hydrogens is 384 g/mol. The molecule has 0 heterocycles. The van der Waals surface area contributed by atoms with E-state index in [1.54, 1.807) is 24.3 Å². The summed E-state index contributed by atoms with van der Waals surface area (Å²) >= 11 is 3.39. The van der Waals surface area contributed by atoms with Crippen LogP contribution in [0.3, 0.4) is 0 Å². The molecule has 0 atom stereocenters. The molecule has 0 spiro atoms. The second-order valence-electron chi connectivity index (χ2n) is 5.58. The first-order valence-electron chi connectivity index (χ1n) is 8.06. The molecule has 25 heavy (non-hydrogen) atoms. The highest BCUT2D eigenvalue weighted by Crippen LogP contribution is 2.22. The first-order valence-corrected chi connectivity index (χ1v) is 8.86. The molecule has 2 aromatic rings. The lowest BCUT2D eigenvalue weighted by atomic mass is 10.2. The van der Waals surface area contributed by atoms with Crippen LogP contribution in [0.2, 0.25) is 0 Å². The van der Waals surface area contributed by atoms with E-state index in [1.807, 2.05) is 32.0 Å². The quantitative estimate of drug-likeness (QED) is 0.734. The molecule has 2 amide bonds. The van der Waals surface area contributed by atoms with Crippen LogP contribution < -0.4 is 15.4 Å². The summed E-state index contributed by atoms with van der Waals surface area (Å²) < 4.78 is 6.50. The molecule has 0 radical (unpaired) electrons. The predicted molar refractivity (Wildman–Crippen MR) is 102 cm³/mol. The van der Waals surface area contributed by atoms with Crippen molar-refractivity contribution < 1.29 is 14.3 Å². The number of rotatable bonds is 7. The summed E-state index contributed by atoms with van der Waals surface area (Å²) in [5, 5.41) is 5.55. The van der Waals surface area contributed by atoms with Gasteiger partial charge in [-0.3, -0.25) is 9.59 Å². The smallest absolute Gasteiger partial charge is 0.262 e. The van der Waals surface area contributed by atoms with Gasteiger partial charge in [0.2, 0.25) is 0 Å². The van der Waals surface area contributed by atoms with Crippen LogP contribution in [0.1, 0.15) is 29.3 Å². The van der Waals surface area contributed by atoms with E-state index in [4.69, 9.17) is 4.74 Å². The SMILES string of the molecule is CCCNC(=O)c1cccc(NC(=O)COc2ccc(Br)cc2C)c1. The van der Waals surface area contributed by atoms with Gasteiger partial charge in [-0.2, -0.15) is 0 Å². The van der Waals surface area contributed by atoms with Crippen molar-refractivity contribution in [3.05, 3.63) is 58.1 Å². The van der Waals surface area contributed by atoms with Crippen molar-refractivity contribution in [2.75, 3.05) is 18.5 Å². The molecular formula is C19H21BrN2O3. The highest BCUT2D eigenvalue weighted by atomic mass is 79.9. The molecule has 0 aliphatic carbocycles. The van der Waals surface area contributed by atoms with Gasteiger partial charge in [0.25, 0.3) is 11.8 Å². The molecule has 6 heteroatoms. The minimum absolute atomic E-state index is 0.102. The first-order chi connectivity index (χ1) is 12.0. The van der Waals surface area contributed by atoms with Gasteiger partial charge in [0.05, 0.1) is 0 Å². The number of hydrogen-bond donors (Lipinski definition) is 2. The molecule has 0 fully saturated rings. The zero-order valence-corrected chi connectivity index (χ0v) is 15.9. The number of ether oxygens (including phenoxy) is 1. The van der Waals surface area contributed by atoms with Crippen molar-refractivity contribution in [3.8, 4) is 5.75 Å². The number of halogens is 1. The Labute approximate surface area is 155 Å². The average molecular weight is 405 g/mol. The number of anilines is 1. The molecule has 0 aromatic heterocycles. The molecule has 132 valence electrons. The van der Waals surface area contributed by atoms with Gasteiger partial charge in [0.1, 0.15) is 5.75 Å². The number of hydrogen-bond acceptors (Lipinski definition) is 3. The van der Waals surface area contributed by atoms with Crippen LogP contribution in [-0.4, -0.2) is 25.0 Å². The van der Waals surface area contributed by atoms with Crippen LogP contribution >= 0.6 is 15.9 Å². The zero-order chi connectivity index (χ0) is 18.2. The predicted octanol–water partition coefficient (Wildman–Crippen LogP) is 3.91. The van der Waals surface area contributed by atoms with E-state index < -0.39 is 0 Å². The molecule has 0 unspecified atom stereocenters. The largest absolute Gasteiger partial charge is 0.483 e. The van der Waals surface area contributed by atoms with Gasteiger partial charge in [0.15, 0.2) is 6.61 Å². The Hall–Kier alpha value is -2.34. The summed E-state index contributed by atoms with van der Waals surface area (Å²) in [5.74, 6) is 0.221. The van der Waals surface area contributed by atoms with E-state index in [2.05, 4.69) is 26.6 Å². The van der Waals surface area contributed by atoms with Crippen LogP contribution in [-0.2, 0) is 4.79 Å². The lowest BCUT2D eigenvalue weighted by Gasteiger charge is -2.11. The Bertz CT molecular complexity index is 762. The van der Waals surface area contributed by atoms with Crippen molar-refractivity contribution >= 4 is 33.4 Å². The Morgan fingerprint density at radius 2 is 1.96 bits per heavy atom. The van der Waals surface area contributed by atoms with Gasteiger partial charge in [-0.15, -0.1) is 0 Å². The average Bonchev–Trinajstić information content (AvgIpc) is 2.59. The fraction of sp³-hybridized carbons (Fsp3) is 0.263. The maximum Gasteiger partial charge on any atom is 0.262 e. The van der Waals surface area contributed by atoms with Crippen molar-refractivity contribution in [3.63, 3.8) is 0 Å². The molecule has 0 aliphatic heterocycles. The summed E-state index contributed by atoms with van der Waals surface area (Å²) in [5.41, 5.74) is 2.01. The maximum atomic E-state index is 12.1. The van der Waals surface area contributed by atoms with Gasteiger partial charge in [-0.1, -0.05) is 28.9 Å². The Balaban J connectivity index is 1.93. The normalized spacial score (nSPS) is 10.2. The summed E-state index contributed by atoms with van der Waals surface area (Å²) in [7, 11) is 0. The molecule has 0 saturated heterocycles. The second kappa shape index (κ2) is 9.22. The van der Waals surface area contributed by atoms with E-state index in [-0.39, 0.29) is 18.4 Å². The molecule has 0 bridgehead atoms. The van der Waals surface area contributed by atoms with E-state index in [0.29, 0.717) is 23.5 Å². The minimum atomic E-state index is -0.284. The molecule has 0 aliphatic rings. The Kier molecular flexibility index (Phi) is 7.01. The summed E-state index contributed by atoms with van der Waals surface area (Å²) in [6.07, 6.45) is 0.870. The van der Waals surface area contributed by atoms with E-state index >= 15 is 0 Å². The number of nitrogens with one attached hydrogen (secondary N) is 2. The van der Waals surface area contributed by atoms with Crippen molar-refractivity contribution in [1.82, 2.24) is 5.32 Å². The molecule has 5 nitrogen and oxygen atoms in total. The number of carbonyl (C=O) groups excluding carboxylic acids is 2. The lowest BCUT2D eigenvalue weighted by molar-refractivity contribution is -0.118. The van der Waals surface area contributed by atoms with Gasteiger partial charge < -0.3 is 15.4 Å². The van der Waals surface area contributed by atoms with E-state index in [0.717, 1.165) is 16.5 Å². The maximum absolute atomic E-state index is 12.1. The molecule has 2 rings (SSSR count). The highest BCUT2D eigenvalue weighted by molar-refractivity contribution is 9.10. The summed E-state index contributed by atoms with van der Waals surface area (Å²) in [4.78, 5) is 24.0. The van der Waals surface area contributed by atoms with Crippen LogP contribution in [0, 0.1) is 6.92 Å². The minimum Gasteiger partial charge on any atom is -0.483 e.